The lowest BCUT2D eigenvalue weighted by molar-refractivity contribution is -0.180. The van der Waals surface area contributed by atoms with Gasteiger partial charge in [-0.05, 0) is 89.3 Å². The van der Waals surface area contributed by atoms with Crippen LogP contribution in [0.25, 0.3) is 0 Å². The van der Waals surface area contributed by atoms with Gasteiger partial charge >= 0.3 is 6.18 Å². The van der Waals surface area contributed by atoms with Crippen molar-refractivity contribution >= 4 is 5.91 Å². The summed E-state index contributed by atoms with van der Waals surface area (Å²) in [5.74, 6) is 0.247. The predicted octanol–water partition coefficient (Wildman–Crippen LogP) is 5.85. The second-order valence-corrected chi connectivity index (χ2v) is 9.88. The molecule has 1 aromatic rings. The molecule has 0 bridgehead atoms. The molecule has 0 saturated heterocycles. The van der Waals surface area contributed by atoms with E-state index in [0.29, 0.717) is 17.9 Å². The second kappa shape index (κ2) is 8.18. The number of benzene rings is 1. The van der Waals surface area contributed by atoms with E-state index in [1.165, 1.54) is 24.3 Å². The summed E-state index contributed by atoms with van der Waals surface area (Å²) in [6, 6.07) is 6.11. The highest BCUT2D eigenvalue weighted by Gasteiger charge is 2.48. The SMILES string of the molecule is CCC(CC[C@@](C)(O)C1CC1)N(C(=O)c1ccc(C(C)(C)C(F)(F)F)cc1)C1CC1. The Bertz CT molecular complexity index is 747. The van der Waals surface area contributed by atoms with Gasteiger partial charge in [0.1, 0.15) is 0 Å². The van der Waals surface area contributed by atoms with Crippen LogP contribution in [0.15, 0.2) is 24.3 Å². The van der Waals surface area contributed by atoms with Gasteiger partial charge in [-0.1, -0.05) is 19.1 Å². The zero-order valence-electron chi connectivity index (χ0n) is 18.4. The Morgan fingerprint density at radius 3 is 2.10 bits per heavy atom. The molecule has 2 fully saturated rings. The van der Waals surface area contributed by atoms with Crippen LogP contribution in [-0.4, -0.2) is 39.8 Å². The Balaban J connectivity index is 1.74. The van der Waals surface area contributed by atoms with Gasteiger partial charge in [0.15, 0.2) is 0 Å². The highest BCUT2D eigenvalue weighted by molar-refractivity contribution is 5.95. The molecule has 0 aliphatic heterocycles. The van der Waals surface area contributed by atoms with Crippen LogP contribution in [0.2, 0.25) is 0 Å². The van der Waals surface area contributed by atoms with Crippen LogP contribution in [-0.2, 0) is 5.41 Å². The quantitative estimate of drug-likeness (QED) is 0.539. The Labute approximate surface area is 177 Å². The van der Waals surface area contributed by atoms with Crippen molar-refractivity contribution in [1.29, 1.82) is 0 Å². The molecular weight excluding hydrogens is 391 g/mol. The monoisotopic (exact) mass is 425 g/mol. The van der Waals surface area contributed by atoms with Crippen molar-refractivity contribution in [3.63, 3.8) is 0 Å². The molecule has 2 aliphatic rings. The van der Waals surface area contributed by atoms with E-state index in [-0.39, 0.29) is 23.6 Å². The average Bonchev–Trinajstić information content (AvgIpc) is 3.56. The summed E-state index contributed by atoms with van der Waals surface area (Å²) < 4.78 is 40.0. The molecule has 0 radical (unpaired) electrons. The molecule has 30 heavy (non-hydrogen) atoms. The van der Waals surface area contributed by atoms with Crippen molar-refractivity contribution in [2.45, 2.75) is 102 Å². The molecule has 2 saturated carbocycles. The lowest BCUT2D eigenvalue weighted by Crippen LogP contribution is -2.43. The number of aliphatic hydroxyl groups is 1. The highest BCUT2D eigenvalue weighted by Crippen LogP contribution is 2.43. The fourth-order valence-corrected chi connectivity index (χ4v) is 4.23. The highest BCUT2D eigenvalue weighted by atomic mass is 19.4. The number of alkyl halides is 3. The third-order valence-corrected chi connectivity index (χ3v) is 7.04. The number of hydrogen-bond acceptors (Lipinski definition) is 2. The normalized spacial score (nSPS) is 20.5. The van der Waals surface area contributed by atoms with Gasteiger partial charge in [-0.25, -0.2) is 0 Å². The summed E-state index contributed by atoms with van der Waals surface area (Å²) >= 11 is 0. The van der Waals surface area contributed by atoms with Gasteiger partial charge in [0.2, 0.25) is 0 Å². The fourth-order valence-electron chi connectivity index (χ4n) is 4.23. The van der Waals surface area contributed by atoms with Crippen LogP contribution in [0, 0.1) is 5.92 Å². The fraction of sp³-hybridized carbons (Fsp3) is 0.708. The van der Waals surface area contributed by atoms with Crippen LogP contribution < -0.4 is 0 Å². The Hall–Kier alpha value is -1.56. The van der Waals surface area contributed by atoms with Crippen molar-refractivity contribution < 1.29 is 23.1 Å². The average molecular weight is 426 g/mol. The van der Waals surface area contributed by atoms with E-state index in [1.807, 2.05) is 18.7 Å². The molecule has 3 nitrogen and oxygen atoms in total. The molecule has 1 amide bonds. The van der Waals surface area contributed by atoms with Crippen molar-refractivity contribution in [1.82, 2.24) is 4.90 Å². The maximum absolute atomic E-state index is 13.3. The number of hydrogen-bond donors (Lipinski definition) is 1. The smallest absolute Gasteiger partial charge is 0.390 e. The van der Waals surface area contributed by atoms with Crippen molar-refractivity contribution in [3.8, 4) is 0 Å². The minimum atomic E-state index is -4.36. The minimum absolute atomic E-state index is 0.0292. The number of halogens is 3. The van der Waals surface area contributed by atoms with Crippen LogP contribution in [0.4, 0.5) is 13.2 Å². The number of carbonyl (C=O) groups is 1. The first-order valence-electron chi connectivity index (χ1n) is 11.1. The standard InChI is InChI=1S/C24H34F3NO2/c1-5-19(14-15-23(4,30)18-10-11-18)28(20-12-13-20)21(29)16-6-8-17(9-7-16)22(2,3)24(25,26)27/h6-9,18-20,30H,5,10-15H2,1-4H3/t19?,23-/m1/s1. The lowest BCUT2D eigenvalue weighted by Gasteiger charge is -2.34. The Kier molecular flexibility index (Phi) is 6.30. The first-order chi connectivity index (χ1) is 13.9. The topological polar surface area (TPSA) is 40.5 Å². The van der Waals surface area contributed by atoms with Crippen molar-refractivity contribution in [2.24, 2.45) is 5.92 Å². The number of rotatable bonds is 9. The molecule has 168 valence electrons. The van der Waals surface area contributed by atoms with E-state index in [2.05, 4.69) is 0 Å². The predicted molar refractivity (Wildman–Crippen MR) is 111 cm³/mol. The van der Waals surface area contributed by atoms with Gasteiger partial charge in [-0.3, -0.25) is 4.79 Å². The van der Waals surface area contributed by atoms with Crippen LogP contribution in [0.5, 0.6) is 0 Å². The van der Waals surface area contributed by atoms with Crippen molar-refractivity contribution in [2.75, 3.05) is 0 Å². The third-order valence-electron chi connectivity index (χ3n) is 7.04. The van der Waals surface area contributed by atoms with E-state index in [0.717, 1.165) is 52.4 Å². The molecule has 1 aromatic carbocycles. The molecule has 0 heterocycles. The third kappa shape index (κ3) is 4.84. The molecular formula is C24H34F3NO2. The zero-order valence-corrected chi connectivity index (χ0v) is 18.4. The molecule has 3 rings (SSSR count). The van der Waals surface area contributed by atoms with Crippen molar-refractivity contribution in [3.05, 3.63) is 35.4 Å². The number of nitrogens with zero attached hydrogens (tertiary/aromatic N) is 1. The molecule has 1 unspecified atom stereocenters. The van der Waals surface area contributed by atoms with E-state index in [9.17, 15) is 23.1 Å². The molecule has 2 atom stereocenters. The summed E-state index contributed by atoms with van der Waals surface area (Å²) in [6.45, 7) is 6.24. The van der Waals surface area contributed by atoms with Gasteiger partial charge in [0.05, 0.1) is 11.0 Å². The van der Waals surface area contributed by atoms with Gasteiger partial charge in [-0.2, -0.15) is 13.2 Å². The van der Waals surface area contributed by atoms with E-state index in [4.69, 9.17) is 0 Å². The largest absolute Gasteiger partial charge is 0.397 e. The van der Waals surface area contributed by atoms with Gasteiger partial charge in [0, 0.05) is 17.6 Å². The molecule has 6 heteroatoms. The molecule has 1 N–H and O–H groups in total. The second-order valence-electron chi connectivity index (χ2n) is 9.88. The number of carbonyl (C=O) groups excluding carboxylic acids is 1. The molecule has 2 aliphatic carbocycles. The van der Waals surface area contributed by atoms with Crippen LogP contribution >= 0.6 is 0 Å². The molecule has 0 spiro atoms. The lowest BCUT2D eigenvalue weighted by atomic mass is 9.83. The molecule has 0 aromatic heterocycles. The van der Waals surface area contributed by atoms with Crippen LogP contribution in [0.1, 0.15) is 88.6 Å². The first kappa shape index (κ1) is 23.1. The minimum Gasteiger partial charge on any atom is -0.390 e. The van der Waals surface area contributed by atoms with E-state index >= 15 is 0 Å². The summed E-state index contributed by atoms with van der Waals surface area (Å²) in [6.07, 6.45) is 1.88. The number of amides is 1. The van der Waals surface area contributed by atoms with Gasteiger partial charge in [-0.15, -0.1) is 0 Å². The summed E-state index contributed by atoms with van der Waals surface area (Å²) in [5.41, 5.74) is -2.07. The Morgan fingerprint density at radius 2 is 1.67 bits per heavy atom. The first-order valence-corrected chi connectivity index (χ1v) is 11.1. The Morgan fingerprint density at radius 1 is 1.10 bits per heavy atom. The maximum Gasteiger partial charge on any atom is 0.397 e. The van der Waals surface area contributed by atoms with E-state index < -0.39 is 17.2 Å². The van der Waals surface area contributed by atoms with Gasteiger partial charge < -0.3 is 10.0 Å². The maximum atomic E-state index is 13.3. The summed E-state index contributed by atoms with van der Waals surface area (Å²) in [5, 5.41) is 10.7. The summed E-state index contributed by atoms with van der Waals surface area (Å²) in [4.78, 5) is 15.2. The summed E-state index contributed by atoms with van der Waals surface area (Å²) in [7, 11) is 0. The van der Waals surface area contributed by atoms with Gasteiger partial charge in [0.25, 0.3) is 5.91 Å². The zero-order chi connectivity index (χ0) is 22.3. The van der Waals surface area contributed by atoms with Crippen LogP contribution in [0.3, 0.4) is 0 Å². The van der Waals surface area contributed by atoms with E-state index in [1.54, 1.807) is 0 Å².